The van der Waals surface area contributed by atoms with Crippen molar-refractivity contribution >= 4 is 0 Å². The zero-order chi connectivity index (χ0) is 12.3. The van der Waals surface area contributed by atoms with E-state index in [-0.39, 0.29) is 11.8 Å². The van der Waals surface area contributed by atoms with Crippen LogP contribution in [0, 0.1) is 5.92 Å². The molecule has 1 fully saturated rings. The van der Waals surface area contributed by atoms with Crippen molar-refractivity contribution in [2.45, 2.75) is 18.9 Å². The molecular weight excluding hydrogens is 216 g/mol. The molecule has 1 saturated heterocycles. The molecule has 2 rings (SSSR count). The van der Waals surface area contributed by atoms with Gasteiger partial charge in [0.05, 0.1) is 7.11 Å². The van der Waals surface area contributed by atoms with Gasteiger partial charge in [-0.15, -0.1) is 0 Å². The highest BCUT2D eigenvalue weighted by molar-refractivity contribution is 5.41. The fraction of sp³-hybridized carbons (Fsp3) is 0.538. The van der Waals surface area contributed by atoms with E-state index in [2.05, 4.69) is 5.32 Å². The number of hydrogen-bond acceptors (Lipinski definition) is 4. The Bertz CT molecular complexity index is 376. The second-order valence-corrected chi connectivity index (χ2v) is 4.54. The van der Waals surface area contributed by atoms with Gasteiger partial charge in [0, 0.05) is 17.7 Å². The zero-order valence-corrected chi connectivity index (χ0v) is 10.1. The highest BCUT2D eigenvalue weighted by atomic mass is 16.5. The van der Waals surface area contributed by atoms with E-state index in [0.29, 0.717) is 11.7 Å². The Balaban J connectivity index is 2.15. The second kappa shape index (κ2) is 5.38. The molecule has 4 heteroatoms. The summed E-state index contributed by atoms with van der Waals surface area (Å²) in [5.74, 6) is 1.33. The number of phenolic OH excluding ortho intramolecular Hbond substituents is 1. The minimum Gasteiger partial charge on any atom is -0.507 e. The van der Waals surface area contributed by atoms with Gasteiger partial charge in [0.1, 0.15) is 11.5 Å². The maximum atomic E-state index is 9.95. The van der Waals surface area contributed by atoms with Crippen LogP contribution in [-0.2, 0) is 0 Å². The van der Waals surface area contributed by atoms with E-state index in [9.17, 15) is 5.11 Å². The van der Waals surface area contributed by atoms with E-state index >= 15 is 0 Å². The summed E-state index contributed by atoms with van der Waals surface area (Å²) in [6.45, 7) is 2.02. The average Bonchev–Trinajstić information content (AvgIpc) is 2.39. The van der Waals surface area contributed by atoms with Crippen LogP contribution < -0.4 is 15.8 Å². The monoisotopic (exact) mass is 236 g/mol. The Morgan fingerprint density at radius 3 is 2.71 bits per heavy atom. The molecule has 1 heterocycles. The number of phenols is 1. The summed E-state index contributed by atoms with van der Waals surface area (Å²) in [4.78, 5) is 0. The smallest absolute Gasteiger partial charge is 0.124 e. The van der Waals surface area contributed by atoms with E-state index in [0.717, 1.165) is 31.5 Å². The van der Waals surface area contributed by atoms with Gasteiger partial charge in [-0.1, -0.05) is 6.07 Å². The van der Waals surface area contributed by atoms with Crippen molar-refractivity contribution in [3.05, 3.63) is 23.8 Å². The van der Waals surface area contributed by atoms with Gasteiger partial charge in [-0.3, -0.25) is 0 Å². The lowest BCUT2D eigenvalue weighted by Gasteiger charge is -2.28. The minimum atomic E-state index is -0.0944. The van der Waals surface area contributed by atoms with E-state index in [4.69, 9.17) is 10.5 Å². The lowest BCUT2D eigenvalue weighted by Crippen LogP contribution is -2.33. The molecule has 0 amide bonds. The maximum absolute atomic E-state index is 9.95. The van der Waals surface area contributed by atoms with Gasteiger partial charge in [-0.25, -0.2) is 0 Å². The van der Waals surface area contributed by atoms with Crippen molar-refractivity contribution in [3.8, 4) is 11.5 Å². The van der Waals surface area contributed by atoms with Crippen LogP contribution in [0.2, 0.25) is 0 Å². The summed E-state index contributed by atoms with van der Waals surface area (Å²) in [6.07, 6.45) is 2.12. The Kier molecular flexibility index (Phi) is 3.86. The standard InChI is InChI=1S/C13H20N2O2/c1-17-10-2-3-11(12(16)8-10)13(14)9-4-6-15-7-5-9/h2-3,8-9,13,15-16H,4-7,14H2,1H3/t13-/m1/s1. The first-order chi connectivity index (χ1) is 8.22. The molecule has 4 nitrogen and oxygen atoms in total. The van der Waals surface area contributed by atoms with Gasteiger partial charge < -0.3 is 20.9 Å². The summed E-state index contributed by atoms with van der Waals surface area (Å²) >= 11 is 0. The summed E-state index contributed by atoms with van der Waals surface area (Å²) in [6, 6.07) is 5.23. The molecule has 1 aromatic rings. The molecular formula is C13H20N2O2. The third-order valence-electron chi connectivity index (χ3n) is 3.49. The Morgan fingerprint density at radius 1 is 1.41 bits per heavy atom. The quantitative estimate of drug-likeness (QED) is 0.742. The van der Waals surface area contributed by atoms with Crippen LogP contribution in [0.25, 0.3) is 0 Å². The summed E-state index contributed by atoms with van der Waals surface area (Å²) in [7, 11) is 1.58. The molecule has 0 aliphatic carbocycles. The van der Waals surface area contributed by atoms with Gasteiger partial charge in [-0.2, -0.15) is 0 Å². The van der Waals surface area contributed by atoms with E-state index < -0.39 is 0 Å². The Hall–Kier alpha value is -1.26. The lowest BCUT2D eigenvalue weighted by atomic mass is 9.86. The van der Waals surface area contributed by atoms with Crippen molar-refractivity contribution in [2.24, 2.45) is 11.7 Å². The van der Waals surface area contributed by atoms with Gasteiger partial charge in [-0.05, 0) is 37.9 Å². The van der Waals surface area contributed by atoms with Crippen molar-refractivity contribution < 1.29 is 9.84 Å². The summed E-state index contributed by atoms with van der Waals surface area (Å²) in [5.41, 5.74) is 7.05. The van der Waals surface area contributed by atoms with Crippen molar-refractivity contribution in [1.82, 2.24) is 5.32 Å². The first-order valence-corrected chi connectivity index (χ1v) is 6.05. The fourth-order valence-electron chi connectivity index (χ4n) is 2.39. The van der Waals surface area contributed by atoms with E-state index in [1.54, 1.807) is 13.2 Å². The number of piperidine rings is 1. The molecule has 1 aliphatic rings. The second-order valence-electron chi connectivity index (χ2n) is 4.54. The van der Waals surface area contributed by atoms with Crippen molar-refractivity contribution in [2.75, 3.05) is 20.2 Å². The molecule has 1 aromatic carbocycles. The predicted molar refractivity (Wildman–Crippen MR) is 67.2 cm³/mol. The summed E-state index contributed by atoms with van der Waals surface area (Å²) < 4.78 is 5.06. The van der Waals surface area contributed by atoms with Gasteiger partial charge in [0.2, 0.25) is 0 Å². The molecule has 17 heavy (non-hydrogen) atoms. The molecule has 0 spiro atoms. The van der Waals surface area contributed by atoms with Gasteiger partial charge in [0.15, 0.2) is 0 Å². The first kappa shape index (κ1) is 12.2. The molecule has 1 atom stereocenters. The molecule has 0 bridgehead atoms. The third-order valence-corrected chi connectivity index (χ3v) is 3.49. The van der Waals surface area contributed by atoms with Crippen LogP contribution >= 0.6 is 0 Å². The van der Waals surface area contributed by atoms with Crippen LogP contribution in [0.5, 0.6) is 11.5 Å². The topological polar surface area (TPSA) is 67.5 Å². The summed E-state index contributed by atoms with van der Waals surface area (Å²) in [5, 5.41) is 13.3. The zero-order valence-electron chi connectivity index (χ0n) is 10.1. The van der Waals surface area contributed by atoms with E-state index in [1.165, 1.54) is 0 Å². The number of hydrogen-bond donors (Lipinski definition) is 3. The molecule has 0 unspecified atom stereocenters. The first-order valence-electron chi connectivity index (χ1n) is 6.05. The number of aromatic hydroxyl groups is 1. The lowest BCUT2D eigenvalue weighted by molar-refractivity contribution is 0.315. The van der Waals surface area contributed by atoms with Crippen LogP contribution in [0.3, 0.4) is 0 Å². The molecule has 94 valence electrons. The average molecular weight is 236 g/mol. The van der Waals surface area contributed by atoms with Gasteiger partial charge in [0.25, 0.3) is 0 Å². The van der Waals surface area contributed by atoms with E-state index in [1.807, 2.05) is 12.1 Å². The minimum absolute atomic E-state index is 0.0944. The number of methoxy groups -OCH3 is 1. The third kappa shape index (κ3) is 2.70. The predicted octanol–water partition coefficient (Wildman–Crippen LogP) is 1.40. The largest absolute Gasteiger partial charge is 0.507 e. The SMILES string of the molecule is COc1ccc([C@H](N)C2CCNCC2)c(O)c1. The number of nitrogens with one attached hydrogen (secondary N) is 1. The molecule has 0 saturated carbocycles. The number of benzene rings is 1. The van der Waals surface area contributed by atoms with Crippen molar-refractivity contribution in [3.63, 3.8) is 0 Å². The number of ether oxygens (including phenoxy) is 1. The molecule has 0 radical (unpaired) electrons. The van der Waals surface area contributed by atoms with Crippen molar-refractivity contribution in [1.29, 1.82) is 0 Å². The van der Waals surface area contributed by atoms with Crippen LogP contribution in [0.15, 0.2) is 18.2 Å². The number of nitrogens with two attached hydrogens (primary N) is 1. The van der Waals surface area contributed by atoms with Crippen LogP contribution in [0.4, 0.5) is 0 Å². The number of rotatable bonds is 3. The molecule has 4 N–H and O–H groups in total. The van der Waals surface area contributed by atoms with Crippen LogP contribution in [-0.4, -0.2) is 25.3 Å². The van der Waals surface area contributed by atoms with Gasteiger partial charge >= 0.3 is 0 Å². The highest BCUT2D eigenvalue weighted by Gasteiger charge is 2.23. The maximum Gasteiger partial charge on any atom is 0.124 e. The fourth-order valence-corrected chi connectivity index (χ4v) is 2.39. The molecule has 1 aliphatic heterocycles. The highest BCUT2D eigenvalue weighted by Crippen LogP contribution is 2.33. The van der Waals surface area contributed by atoms with Crippen LogP contribution in [0.1, 0.15) is 24.4 Å². The molecule has 0 aromatic heterocycles. The Morgan fingerprint density at radius 2 is 2.12 bits per heavy atom. The Labute approximate surface area is 102 Å². The normalized spacial score (nSPS) is 18.9.